The molecule has 5 nitrogen and oxygen atoms in total. The van der Waals surface area contributed by atoms with Gasteiger partial charge < -0.3 is 10.2 Å². The van der Waals surface area contributed by atoms with Gasteiger partial charge >= 0.3 is 0 Å². The second-order valence-electron chi connectivity index (χ2n) is 7.64. The van der Waals surface area contributed by atoms with Gasteiger partial charge in [0.15, 0.2) is 0 Å². The molecule has 0 spiro atoms. The molecule has 3 aromatic carbocycles. The van der Waals surface area contributed by atoms with Crippen LogP contribution in [0.4, 0.5) is 5.69 Å². The fourth-order valence-electron chi connectivity index (χ4n) is 3.80. The van der Waals surface area contributed by atoms with E-state index in [2.05, 4.69) is 17.5 Å². The van der Waals surface area contributed by atoms with E-state index in [4.69, 9.17) is 5.26 Å². The molecule has 6 heteroatoms. The van der Waals surface area contributed by atoms with Crippen LogP contribution < -0.4 is 10.2 Å². The van der Waals surface area contributed by atoms with Crippen molar-refractivity contribution in [2.75, 3.05) is 17.2 Å². The maximum Gasteiger partial charge on any atom is 0.252 e. The maximum atomic E-state index is 13.0. The third-order valence-corrected chi connectivity index (χ3v) is 6.62. The van der Waals surface area contributed by atoms with Gasteiger partial charge in [-0.05, 0) is 54.8 Å². The van der Waals surface area contributed by atoms with E-state index in [0.717, 1.165) is 22.6 Å². The zero-order valence-corrected chi connectivity index (χ0v) is 18.6. The number of rotatable bonds is 6. The number of benzene rings is 3. The highest BCUT2D eigenvalue weighted by atomic mass is 32.2. The Morgan fingerprint density at radius 2 is 1.78 bits per heavy atom. The summed E-state index contributed by atoms with van der Waals surface area (Å²) in [6.07, 6.45) is 0.874. The number of para-hydroxylation sites is 1. The van der Waals surface area contributed by atoms with Crippen LogP contribution in [-0.2, 0) is 11.2 Å². The number of hydrogen-bond acceptors (Lipinski definition) is 4. The first-order valence-electron chi connectivity index (χ1n) is 10.5. The molecule has 1 aliphatic rings. The number of carbonyl (C=O) groups is 2. The first-order valence-corrected chi connectivity index (χ1v) is 11.5. The van der Waals surface area contributed by atoms with Crippen molar-refractivity contribution in [3.05, 3.63) is 95.1 Å². The molecule has 0 aromatic heterocycles. The maximum absolute atomic E-state index is 13.0. The SMILES string of the molecule is CC(NC(=O)c1ccccc1SCC(=O)N1CCc2ccccc21)c1ccc(C#N)cc1. The second kappa shape index (κ2) is 9.71. The number of anilines is 1. The summed E-state index contributed by atoms with van der Waals surface area (Å²) in [6.45, 7) is 2.60. The monoisotopic (exact) mass is 441 g/mol. The highest BCUT2D eigenvalue weighted by molar-refractivity contribution is 8.00. The molecule has 1 heterocycles. The van der Waals surface area contributed by atoms with Crippen LogP contribution in [0.15, 0.2) is 77.7 Å². The molecular weight excluding hydrogens is 418 g/mol. The summed E-state index contributed by atoms with van der Waals surface area (Å²) in [5.41, 5.74) is 4.24. The molecule has 0 saturated carbocycles. The highest BCUT2D eigenvalue weighted by Gasteiger charge is 2.24. The smallest absolute Gasteiger partial charge is 0.252 e. The average molecular weight is 442 g/mol. The van der Waals surface area contributed by atoms with Crippen LogP contribution in [0.25, 0.3) is 0 Å². The number of hydrogen-bond donors (Lipinski definition) is 1. The van der Waals surface area contributed by atoms with Gasteiger partial charge in [-0.15, -0.1) is 11.8 Å². The zero-order valence-electron chi connectivity index (χ0n) is 17.7. The molecule has 160 valence electrons. The Kier molecular flexibility index (Phi) is 6.58. The Morgan fingerprint density at radius 1 is 1.06 bits per heavy atom. The number of fused-ring (bicyclic) bond motifs is 1. The summed E-state index contributed by atoms with van der Waals surface area (Å²) in [7, 11) is 0. The summed E-state index contributed by atoms with van der Waals surface area (Å²) in [5, 5.41) is 12.0. The first-order chi connectivity index (χ1) is 15.6. The minimum Gasteiger partial charge on any atom is -0.345 e. The van der Waals surface area contributed by atoms with Gasteiger partial charge in [0.25, 0.3) is 5.91 Å². The lowest BCUT2D eigenvalue weighted by atomic mass is 10.1. The molecule has 3 aromatic rings. The molecule has 0 aliphatic carbocycles. The number of carbonyl (C=O) groups excluding carboxylic acids is 2. The topological polar surface area (TPSA) is 73.2 Å². The summed E-state index contributed by atoms with van der Waals surface area (Å²) in [4.78, 5) is 28.4. The predicted octanol–water partition coefficient (Wildman–Crippen LogP) is 4.73. The van der Waals surface area contributed by atoms with E-state index in [1.165, 1.54) is 17.3 Å². The van der Waals surface area contributed by atoms with Crippen LogP contribution in [0.2, 0.25) is 0 Å². The molecule has 1 aliphatic heterocycles. The van der Waals surface area contributed by atoms with Gasteiger partial charge in [0.2, 0.25) is 5.91 Å². The average Bonchev–Trinajstić information content (AvgIpc) is 3.27. The van der Waals surface area contributed by atoms with Gasteiger partial charge in [-0.3, -0.25) is 9.59 Å². The fraction of sp³-hybridized carbons (Fsp3) is 0.192. The molecule has 0 radical (unpaired) electrons. The lowest BCUT2D eigenvalue weighted by Gasteiger charge is -2.18. The Morgan fingerprint density at radius 3 is 2.56 bits per heavy atom. The molecular formula is C26H23N3O2S. The van der Waals surface area contributed by atoms with Crippen LogP contribution in [0, 0.1) is 11.3 Å². The summed E-state index contributed by atoms with van der Waals surface area (Å²) >= 11 is 1.38. The van der Waals surface area contributed by atoms with Gasteiger partial charge in [-0.1, -0.05) is 42.5 Å². The third kappa shape index (κ3) is 4.68. The summed E-state index contributed by atoms with van der Waals surface area (Å²) in [6, 6.07) is 24.4. The molecule has 0 bridgehead atoms. The third-order valence-electron chi connectivity index (χ3n) is 5.56. The Labute approximate surface area is 192 Å². The van der Waals surface area contributed by atoms with Crippen molar-refractivity contribution in [2.45, 2.75) is 24.3 Å². The van der Waals surface area contributed by atoms with Gasteiger partial charge in [0.1, 0.15) is 0 Å². The van der Waals surface area contributed by atoms with Crippen LogP contribution in [0.3, 0.4) is 0 Å². The minimum absolute atomic E-state index is 0.0427. The second-order valence-corrected chi connectivity index (χ2v) is 8.66. The quantitative estimate of drug-likeness (QED) is 0.561. The van der Waals surface area contributed by atoms with E-state index in [1.54, 1.807) is 18.2 Å². The predicted molar refractivity (Wildman–Crippen MR) is 127 cm³/mol. The van der Waals surface area contributed by atoms with Crippen molar-refractivity contribution in [2.24, 2.45) is 0 Å². The number of nitriles is 1. The Hall–Kier alpha value is -3.56. The first kappa shape index (κ1) is 21.7. The van der Waals surface area contributed by atoms with Crippen molar-refractivity contribution < 1.29 is 9.59 Å². The van der Waals surface area contributed by atoms with Crippen molar-refractivity contribution >= 4 is 29.3 Å². The normalized spacial score (nSPS) is 13.2. The molecule has 1 N–H and O–H groups in total. The van der Waals surface area contributed by atoms with Gasteiger partial charge in [0, 0.05) is 17.1 Å². The van der Waals surface area contributed by atoms with E-state index in [1.807, 2.05) is 60.4 Å². The van der Waals surface area contributed by atoms with Crippen molar-refractivity contribution in [1.82, 2.24) is 5.32 Å². The fourth-order valence-corrected chi connectivity index (χ4v) is 4.72. The lowest BCUT2D eigenvalue weighted by molar-refractivity contribution is -0.116. The lowest BCUT2D eigenvalue weighted by Crippen LogP contribution is -2.30. The molecule has 4 rings (SSSR count). The van der Waals surface area contributed by atoms with Crippen LogP contribution in [-0.4, -0.2) is 24.1 Å². The van der Waals surface area contributed by atoms with Crippen LogP contribution >= 0.6 is 11.8 Å². The number of nitrogens with zero attached hydrogens (tertiary/aromatic N) is 2. The van der Waals surface area contributed by atoms with E-state index < -0.39 is 0 Å². The van der Waals surface area contributed by atoms with E-state index >= 15 is 0 Å². The highest BCUT2D eigenvalue weighted by Crippen LogP contribution is 2.30. The minimum atomic E-state index is -0.212. The molecule has 0 saturated heterocycles. The van der Waals surface area contributed by atoms with Crippen molar-refractivity contribution in [3.63, 3.8) is 0 Å². The number of thioether (sulfide) groups is 1. The van der Waals surface area contributed by atoms with Gasteiger partial charge in [0.05, 0.1) is 29.0 Å². The van der Waals surface area contributed by atoms with Crippen LogP contribution in [0.5, 0.6) is 0 Å². The van der Waals surface area contributed by atoms with Crippen molar-refractivity contribution in [3.8, 4) is 6.07 Å². The largest absolute Gasteiger partial charge is 0.345 e. The van der Waals surface area contributed by atoms with Crippen molar-refractivity contribution in [1.29, 1.82) is 5.26 Å². The molecule has 1 unspecified atom stereocenters. The zero-order chi connectivity index (χ0) is 22.5. The Balaban J connectivity index is 1.41. The van der Waals surface area contributed by atoms with Gasteiger partial charge in [-0.2, -0.15) is 5.26 Å². The Bertz CT molecular complexity index is 1180. The number of nitrogens with one attached hydrogen (secondary N) is 1. The van der Waals surface area contributed by atoms with E-state index in [-0.39, 0.29) is 23.6 Å². The summed E-state index contributed by atoms with van der Waals surface area (Å²) in [5.74, 6) is 0.120. The molecule has 2 amide bonds. The van der Waals surface area contributed by atoms with Gasteiger partial charge in [-0.25, -0.2) is 0 Å². The van der Waals surface area contributed by atoms with Crippen LogP contribution in [0.1, 0.15) is 40.0 Å². The number of amides is 2. The van der Waals surface area contributed by atoms with E-state index in [0.29, 0.717) is 17.7 Å². The molecule has 32 heavy (non-hydrogen) atoms. The van der Waals surface area contributed by atoms with E-state index in [9.17, 15) is 9.59 Å². The molecule has 0 fully saturated rings. The molecule has 1 atom stereocenters. The standard InChI is InChI=1S/C26H23N3O2S/c1-18(20-12-10-19(16-27)11-13-20)28-26(31)22-7-3-5-9-24(22)32-17-25(30)29-15-14-21-6-2-4-8-23(21)29/h2-13,18H,14-15,17H2,1H3,(H,28,31). The summed E-state index contributed by atoms with van der Waals surface area (Å²) < 4.78 is 0.